The Balaban J connectivity index is 2.06. The topological polar surface area (TPSA) is 69.7 Å². The quantitative estimate of drug-likeness (QED) is 0.839. The summed E-state index contributed by atoms with van der Waals surface area (Å²) in [6, 6.07) is 6.31. The van der Waals surface area contributed by atoms with Gasteiger partial charge in [-0.05, 0) is 57.0 Å². The summed E-state index contributed by atoms with van der Waals surface area (Å²) in [7, 11) is 1.40. The van der Waals surface area contributed by atoms with Gasteiger partial charge in [0.25, 0.3) is 5.91 Å². The zero-order chi connectivity index (χ0) is 17.7. The van der Waals surface area contributed by atoms with Crippen LogP contribution in [0, 0.1) is 5.92 Å². The van der Waals surface area contributed by atoms with Gasteiger partial charge in [0.2, 0.25) is 10.0 Å². The van der Waals surface area contributed by atoms with Gasteiger partial charge in [-0.3, -0.25) is 4.79 Å². The number of carbonyl (C=O) groups excluding carboxylic acids is 1. The van der Waals surface area contributed by atoms with E-state index in [-0.39, 0.29) is 10.8 Å². The number of carbonyl (C=O) groups is 1. The maximum Gasteiger partial charge on any atom is 0.253 e. The van der Waals surface area contributed by atoms with Crippen molar-refractivity contribution >= 4 is 15.9 Å². The summed E-state index contributed by atoms with van der Waals surface area (Å²) in [6.07, 6.45) is 3.14. The van der Waals surface area contributed by atoms with Crippen LogP contribution in [0.5, 0.6) is 0 Å². The zero-order valence-electron chi connectivity index (χ0n) is 14.7. The van der Waals surface area contributed by atoms with Crippen molar-refractivity contribution in [2.75, 3.05) is 40.8 Å². The van der Waals surface area contributed by atoms with Gasteiger partial charge < -0.3 is 10.2 Å². The fourth-order valence-electron chi connectivity index (χ4n) is 2.96. The molecular formula is C17H27N3O3S. The van der Waals surface area contributed by atoms with Crippen molar-refractivity contribution in [3.63, 3.8) is 0 Å². The molecule has 0 aromatic heterocycles. The Kier molecular flexibility index (Phi) is 6.37. The van der Waals surface area contributed by atoms with Crippen molar-refractivity contribution in [2.45, 2.75) is 24.2 Å². The van der Waals surface area contributed by atoms with Gasteiger partial charge in [0, 0.05) is 32.7 Å². The number of rotatable bonds is 6. The molecule has 0 spiro atoms. The molecule has 0 radical (unpaired) electrons. The molecule has 1 amide bonds. The van der Waals surface area contributed by atoms with Gasteiger partial charge in [-0.1, -0.05) is 6.07 Å². The van der Waals surface area contributed by atoms with E-state index >= 15 is 0 Å². The van der Waals surface area contributed by atoms with E-state index in [1.165, 1.54) is 26.2 Å². The van der Waals surface area contributed by atoms with E-state index in [1.807, 2.05) is 11.9 Å². The average molecular weight is 353 g/mol. The molecule has 1 saturated heterocycles. The molecule has 1 aromatic carbocycles. The first-order valence-corrected chi connectivity index (χ1v) is 9.76. The Bertz CT molecular complexity index is 665. The van der Waals surface area contributed by atoms with Crippen molar-refractivity contribution in [2.24, 2.45) is 5.92 Å². The van der Waals surface area contributed by atoms with Crippen LogP contribution in [-0.4, -0.2) is 64.3 Å². The van der Waals surface area contributed by atoms with E-state index in [9.17, 15) is 13.2 Å². The number of benzene rings is 1. The van der Waals surface area contributed by atoms with Gasteiger partial charge in [-0.15, -0.1) is 0 Å². The number of hydrogen-bond donors (Lipinski definition) is 1. The zero-order valence-corrected chi connectivity index (χ0v) is 15.5. The average Bonchev–Trinajstić information content (AvgIpc) is 2.59. The van der Waals surface area contributed by atoms with Crippen LogP contribution < -0.4 is 5.32 Å². The minimum atomic E-state index is -3.53. The van der Waals surface area contributed by atoms with Gasteiger partial charge in [0.05, 0.1) is 4.90 Å². The lowest BCUT2D eigenvalue weighted by Gasteiger charge is -2.32. The molecule has 1 aliphatic rings. The fourth-order valence-corrected chi connectivity index (χ4v) is 3.90. The molecule has 0 aliphatic carbocycles. The number of likely N-dealkylation sites (tertiary alicyclic amines) is 1. The molecule has 0 bridgehead atoms. The summed E-state index contributed by atoms with van der Waals surface area (Å²) in [5, 5.41) is 3.16. The third-order valence-electron chi connectivity index (χ3n) is 4.56. The second kappa shape index (κ2) is 8.09. The minimum Gasteiger partial charge on any atom is -0.339 e. The summed E-state index contributed by atoms with van der Waals surface area (Å²) in [4.78, 5) is 14.7. The van der Waals surface area contributed by atoms with Crippen LogP contribution in [0.25, 0.3) is 0 Å². The highest BCUT2D eigenvalue weighted by Gasteiger charge is 2.25. The van der Waals surface area contributed by atoms with Crippen molar-refractivity contribution < 1.29 is 13.2 Å². The number of hydrogen-bond acceptors (Lipinski definition) is 4. The molecule has 1 heterocycles. The summed E-state index contributed by atoms with van der Waals surface area (Å²) < 4.78 is 25.6. The molecule has 1 aromatic rings. The lowest BCUT2D eigenvalue weighted by Crippen LogP contribution is -2.39. The molecule has 6 nitrogen and oxygen atoms in total. The predicted molar refractivity (Wildman–Crippen MR) is 94.5 cm³/mol. The normalized spacial score (nSPS) is 16.6. The monoisotopic (exact) mass is 353 g/mol. The highest BCUT2D eigenvalue weighted by atomic mass is 32.2. The fraction of sp³-hybridized carbons (Fsp3) is 0.588. The second-order valence-corrected chi connectivity index (χ2v) is 8.59. The van der Waals surface area contributed by atoms with Gasteiger partial charge in [-0.25, -0.2) is 12.7 Å². The minimum absolute atomic E-state index is 0.0853. The molecule has 0 saturated carbocycles. The number of nitrogens with zero attached hydrogens (tertiary/aromatic N) is 2. The first kappa shape index (κ1) is 18.9. The van der Waals surface area contributed by atoms with Gasteiger partial charge in [0.1, 0.15) is 0 Å². The van der Waals surface area contributed by atoms with E-state index in [2.05, 4.69) is 5.32 Å². The van der Waals surface area contributed by atoms with Crippen LogP contribution in [0.3, 0.4) is 0 Å². The van der Waals surface area contributed by atoms with Gasteiger partial charge >= 0.3 is 0 Å². The molecular weight excluding hydrogens is 326 g/mol. The summed E-state index contributed by atoms with van der Waals surface area (Å²) in [5.74, 6) is 0.569. The van der Waals surface area contributed by atoms with E-state index in [4.69, 9.17) is 0 Å². The predicted octanol–water partition coefficient (Wildman–Crippen LogP) is 1.40. The van der Waals surface area contributed by atoms with Crippen molar-refractivity contribution in [3.8, 4) is 0 Å². The van der Waals surface area contributed by atoms with Crippen LogP contribution in [-0.2, 0) is 10.0 Å². The summed E-state index contributed by atoms with van der Waals surface area (Å²) >= 11 is 0. The Morgan fingerprint density at radius 1 is 1.29 bits per heavy atom. The molecule has 24 heavy (non-hydrogen) atoms. The molecule has 2 rings (SSSR count). The van der Waals surface area contributed by atoms with Crippen molar-refractivity contribution in [3.05, 3.63) is 29.8 Å². The SMILES string of the molecule is CNCCC1CCN(C(=O)c2cccc(S(=O)(=O)N(C)C)c2)CC1. The summed E-state index contributed by atoms with van der Waals surface area (Å²) in [5.41, 5.74) is 0.437. The molecule has 134 valence electrons. The number of sulfonamides is 1. The molecule has 7 heteroatoms. The summed E-state index contributed by atoms with van der Waals surface area (Å²) in [6.45, 7) is 2.47. The van der Waals surface area contributed by atoms with Crippen molar-refractivity contribution in [1.29, 1.82) is 0 Å². The number of piperidine rings is 1. The largest absolute Gasteiger partial charge is 0.339 e. The Morgan fingerprint density at radius 3 is 2.54 bits per heavy atom. The maximum absolute atomic E-state index is 12.7. The maximum atomic E-state index is 12.7. The Hall–Kier alpha value is -1.44. The second-order valence-electron chi connectivity index (χ2n) is 6.44. The third kappa shape index (κ3) is 4.34. The van der Waals surface area contributed by atoms with E-state index in [1.54, 1.807) is 12.1 Å². The highest BCUT2D eigenvalue weighted by Crippen LogP contribution is 2.22. The van der Waals surface area contributed by atoms with E-state index in [0.29, 0.717) is 11.5 Å². The van der Waals surface area contributed by atoms with Crippen LogP contribution in [0.2, 0.25) is 0 Å². The van der Waals surface area contributed by atoms with E-state index < -0.39 is 10.0 Å². The van der Waals surface area contributed by atoms with E-state index in [0.717, 1.165) is 43.2 Å². The molecule has 1 aliphatic heterocycles. The molecule has 0 unspecified atom stereocenters. The van der Waals surface area contributed by atoms with Crippen LogP contribution >= 0.6 is 0 Å². The van der Waals surface area contributed by atoms with Crippen LogP contribution in [0.15, 0.2) is 29.2 Å². The molecule has 1 N–H and O–H groups in total. The Labute approximate surface area is 144 Å². The lowest BCUT2D eigenvalue weighted by molar-refractivity contribution is 0.0687. The first-order valence-electron chi connectivity index (χ1n) is 8.32. The first-order chi connectivity index (χ1) is 11.4. The van der Waals surface area contributed by atoms with Crippen molar-refractivity contribution in [1.82, 2.24) is 14.5 Å². The lowest BCUT2D eigenvalue weighted by atomic mass is 9.93. The number of amides is 1. The van der Waals surface area contributed by atoms with Crippen LogP contribution in [0.1, 0.15) is 29.6 Å². The number of nitrogens with one attached hydrogen (secondary N) is 1. The standard InChI is InChI=1S/C17H27N3O3S/c1-18-10-7-14-8-11-20(12-9-14)17(21)15-5-4-6-16(13-15)24(22,23)19(2)3/h4-6,13-14,18H,7-12H2,1-3H3. The Morgan fingerprint density at radius 2 is 1.96 bits per heavy atom. The van der Waals surface area contributed by atoms with Crippen LogP contribution in [0.4, 0.5) is 0 Å². The molecule has 0 atom stereocenters. The highest BCUT2D eigenvalue weighted by molar-refractivity contribution is 7.89. The molecule has 1 fully saturated rings. The third-order valence-corrected chi connectivity index (χ3v) is 6.37. The smallest absolute Gasteiger partial charge is 0.253 e. The van der Waals surface area contributed by atoms with Gasteiger partial charge in [0.15, 0.2) is 0 Å². The van der Waals surface area contributed by atoms with Gasteiger partial charge in [-0.2, -0.15) is 0 Å².